The molecule has 0 aliphatic carbocycles. The second-order valence-corrected chi connectivity index (χ2v) is 7.78. The van der Waals surface area contributed by atoms with Crippen LogP contribution in [0.15, 0.2) is 24.4 Å². The number of esters is 1. The number of amides is 1. The zero-order valence-electron chi connectivity index (χ0n) is 19.7. The van der Waals surface area contributed by atoms with Gasteiger partial charge in [0.1, 0.15) is 11.9 Å². The van der Waals surface area contributed by atoms with Crippen LogP contribution in [-0.4, -0.2) is 71.2 Å². The van der Waals surface area contributed by atoms with Crippen LogP contribution in [0.5, 0.6) is 0 Å². The number of ether oxygens (including phenoxy) is 2. The van der Waals surface area contributed by atoms with Crippen LogP contribution in [0.25, 0.3) is 11.4 Å². The molecule has 0 aliphatic heterocycles. The molecule has 0 fully saturated rings. The highest BCUT2D eigenvalue weighted by Crippen LogP contribution is 2.24. The average molecular weight is 460 g/mol. The highest BCUT2D eigenvalue weighted by molar-refractivity contribution is 5.99. The van der Waals surface area contributed by atoms with Crippen molar-refractivity contribution in [3.8, 4) is 11.4 Å². The molecule has 0 saturated heterocycles. The summed E-state index contributed by atoms with van der Waals surface area (Å²) in [6.07, 6.45) is 5.03. The first-order valence-electron chi connectivity index (χ1n) is 11.2. The minimum absolute atomic E-state index is 0.0656. The lowest BCUT2D eigenvalue weighted by molar-refractivity contribution is -0.142. The molecule has 0 bridgehead atoms. The van der Waals surface area contributed by atoms with E-state index in [1.807, 2.05) is 4.90 Å². The van der Waals surface area contributed by atoms with Crippen molar-refractivity contribution in [1.82, 2.24) is 14.9 Å². The number of aromatic nitrogens is 2. The zero-order valence-corrected chi connectivity index (χ0v) is 19.7. The van der Waals surface area contributed by atoms with Gasteiger partial charge >= 0.3 is 11.9 Å². The summed E-state index contributed by atoms with van der Waals surface area (Å²) in [5, 5.41) is 9.61. The molecule has 0 radical (unpaired) electrons. The lowest BCUT2D eigenvalue weighted by Gasteiger charge is -2.26. The monoisotopic (exact) mass is 459 g/mol. The van der Waals surface area contributed by atoms with Crippen molar-refractivity contribution in [2.75, 3.05) is 27.3 Å². The average Bonchev–Trinajstić information content (AvgIpc) is 3.29. The van der Waals surface area contributed by atoms with Gasteiger partial charge in [0.2, 0.25) is 0 Å². The van der Waals surface area contributed by atoms with E-state index in [2.05, 4.69) is 28.6 Å². The Morgan fingerprint density at radius 3 is 2.33 bits per heavy atom. The zero-order chi connectivity index (χ0) is 24.4. The van der Waals surface area contributed by atoms with Crippen molar-refractivity contribution in [2.24, 2.45) is 0 Å². The molecule has 9 nitrogen and oxygen atoms in total. The summed E-state index contributed by atoms with van der Waals surface area (Å²) in [7, 11) is 2.74. The summed E-state index contributed by atoms with van der Waals surface area (Å²) < 4.78 is 10.2. The minimum atomic E-state index is -1.19. The van der Waals surface area contributed by atoms with Crippen LogP contribution >= 0.6 is 0 Å². The molecule has 1 heterocycles. The van der Waals surface area contributed by atoms with Gasteiger partial charge in [0.15, 0.2) is 0 Å². The van der Waals surface area contributed by atoms with Gasteiger partial charge in [-0.05, 0) is 31.0 Å². The van der Waals surface area contributed by atoms with E-state index in [0.717, 1.165) is 25.7 Å². The van der Waals surface area contributed by atoms with E-state index in [9.17, 15) is 19.5 Å². The summed E-state index contributed by atoms with van der Waals surface area (Å²) in [6.45, 7) is 5.56. The first-order chi connectivity index (χ1) is 15.9. The van der Waals surface area contributed by atoms with E-state index in [1.54, 1.807) is 6.20 Å². The number of aromatic amines is 1. The molecule has 33 heavy (non-hydrogen) atoms. The van der Waals surface area contributed by atoms with Crippen LogP contribution in [0, 0.1) is 0 Å². The Morgan fingerprint density at radius 1 is 1.12 bits per heavy atom. The van der Waals surface area contributed by atoms with Crippen LogP contribution < -0.4 is 0 Å². The molecular formula is C24H33N3O6. The molecule has 1 aromatic carbocycles. The number of carbonyl (C=O) groups is 3. The number of hydrogen-bond donors (Lipinski definition) is 2. The molecule has 0 aliphatic rings. The number of methoxy groups -OCH3 is 2. The normalized spacial score (nSPS) is 11.8. The Morgan fingerprint density at radius 2 is 1.79 bits per heavy atom. The van der Waals surface area contributed by atoms with Gasteiger partial charge in [0.05, 0.1) is 18.2 Å². The third-order valence-electron chi connectivity index (χ3n) is 5.39. The molecule has 1 amide bonds. The third-order valence-corrected chi connectivity index (χ3v) is 5.39. The molecule has 0 saturated carbocycles. The number of imidazole rings is 1. The number of carbonyl (C=O) groups excluding carboxylic acids is 2. The Bertz CT molecular complexity index is 947. The number of unbranched alkanes of at least 4 members (excludes halogenated alkanes) is 2. The summed E-state index contributed by atoms with van der Waals surface area (Å²) in [4.78, 5) is 45.8. The van der Waals surface area contributed by atoms with Gasteiger partial charge in [0.25, 0.3) is 5.91 Å². The lowest BCUT2D eigenvalue weighted by Crippen LogP contribution is -2.42. The molecule has 1 unspecified atom stereocenters. The molecule has 9 heteroatoms. The van der Waals surface area contributed by atoms with Crippen LogP contribution in [-0.2, 0) is 20.7 Å². The van der Waals surface area contributed by atoms with Crippen molar-refractivity contribution in [3.63, 3.8) is 0 Å². The second-order valence-electron chi connectivity index (χ2n) is 7.78. The smallest absolute Gasteiger partial charge is 0.337 e. The second kappa shape index (κ2) is 12.7. The van der Waals surface area contributed by atoms with Crippen LogP contribution in [0.2, 0.25) is 0 Å². The van der Waals surface area contributed by atoms with Gasteiger partial charge in [-0.3, -0.25) is 4.79 Å². The molecule has 0 spiro atoms. The number of hydrogen-bond acceptors (Lipinski definition) is 6. The van der Waals surface area contributed by atoms with Gasteiger partial charge < -0.3 is 24.5 Å². The van der Waals surface area contributed by atoms with Gasteiger partial charge in [-0.1, -0.05) is 26.7 Å². The van der Waals surface area contributed by atoms with E-state index in [0.29, 0.717) is 30.2 Å². The number of benzene rings is 1. The maximum atomic E-state index is 13.1. The topological polar surface area (TPSA) is 122 Å². The first-order valence-corrected chi connectivity index (χ1v) is 11.2. The van der Waals surface area contributed by atoms with E-state index < -0.39 is 18.0 Å². The van der Waals surface area contributed by atoms with E-state index >= 15 is 0 Å². The summed E-state index contributed by atoms with van der Waals surface area (Å²) in [5.41, 5.74) is 1.02. The molecule has 2 rings (SSSR count). The Kier molecular flexibility index (Phi) is 10.1. The van der Waals surface area contributed by atoms with Crippen LogP contribution in [0.4, 0.5) is 0 Å². The Hall–Kier alpha value is -3.20. The fourth-order valence-corrected chi connectivity index (χ4v) is 3.48. The third kappa shape index (κ3) is 6.89. The predicted octanol–water partition coefficient (Wildman–Crippen LogP) is 3.55. The molecule has 180 valence electrons. The molecule has 1 atom stereocenters. The number of carboxylic acids is 1. The number of H-pyrrole nitrogens is 1. The highest BCUT2D eigenvalue weighted by atomic mass is 16.5. The van der Waals surface area contributed by atoms with E-state index in [-0.39, 0.29) is 23.5 Å². The minimum Gasteiger partial charge on any atom is -0.478 e. The largest absolute Gasteiger partial charge is 0.478 e. The van der Waals surface area contributed by atoms with Crippen molar-refractivity contribution in [2.45, 2.75) is 52.1 Å². The fourth-order valence-electron chi connectivity index (χ4n) is 3.48. The van der Waals surface area contributed by atoms with Gasteiger partial charge in [-0.25, -0.2) is 14.6 Å². The fraction of sp³-hybridized carbons (Fsp3) is 0.500. The number of aromatic carboxylic acids is 1. The van der Waals surface area contributed by atoms with Gasteiger partial charge in [-0.15, -0.1) is 0 Å². The quantitative estimate of drug-likeness (QED) is 0.439. The summed E-state index contributed by atoms with van der Waals surface area (Å²) >= 11 is 0. The standard InChI is InChI=1S/C24H33N3O6/c1-5-7-11-27(12-8-6-2)22(28)20(32-3)14-17-15-25-21(26-17)18-10-9-16(24(31)33-4)13-19(18)23(29)30/h9-10,13,15,20H,5-8,11-12,14H2,1-4H3,(H,25,26)(H,29,30). The van der Waals surface area contributed by atoms with Crippen LogP contribution in [0.3, 0.4) is 0 Å². The summed E-state index contributed by atoms with van der Waals surface area (Å²) in [6, 6.07) is 4.25. The van der Waals surface area contributed by atoms with Crippen LogP contribution in [0.1, 0.15) is 65.9 Å². The van der Waals surface area contributed by atoms with Gasteiger partial charge in [0, 0.05) is 44.1 Å². The molecule has 2 N–H and O–H groups in total. The highest BCUT2D eigenvalue weighted by Gasteiger charge is 2.25. The number of rotatable bonds is 13. The number of nitrogens with one attached hydrogen (secondary N) is 1. The van der Waals surface area contributed by atoms with Gasteiger partial charge in [-0.2, -0.15) is 0 Å². The maximum Gasteiger partial charge on any atom is 0.337 e. The van der Waals surface area contributed by atoms with E-state index in [1.165, 1.54) is 32.4 Å². The van der Waals surface area contributed by atoms with E-state index in [4.69, 9.17) is 4.74 Å². The Balaban J connectivity index is 2.24. The summed E-state index contributed by atoms with van der Waals surface area (Å²) in [5.74, 6) is -1.55. The van der Waals surface area contributed by atoms with Crippen molar-refractivity contribution >= 4 is 17.8 Å². The molecule has 1 aromatic heterocycles. The van der Waals surface area contributed by atoms with Crippen molar-refractivity contribution in [1.29, 1.82) is 0 Å². The number of nitrogens with zero attached hydrogens (tertiary/aromatic N) is 2. The molecular weight excluding hydrogens is 426 g/mol. The maximum absolute atomic E-state index is 13.1. The molecule has 2 aromatic rings. The van der Waals surface area contributed by atoms with Crippen molar-refractivity contribution in [3.05, 3.63) is 41.2 Å². The Labute approximate surface area is 194 Å². The lowest BCUT2D eigenvalue weighted by atomic mass is 10.0. The SMILES string of the molecule is CCCCN(CCCC)C(=O)C(Cc1cnc(-c2ccc(C(=O)OC)cc2C(=O)O)[nH]1)OC. The van der Waals surface area contributed by atoms with Crippen molar-refractivity contribution < 1.29 is 29.0 Å². The number of carboxylic acid groups (broad SMARTS) is 1. The predicted molar refractivity (Wildman–Crippen MR) is 123 cm³/mol. The first kappa shape index (κ1) is 26.1.